The van der Waals surface area contributed by atoms with E-state index >= 15 is 0 Å². The molecule has 7 nitrogen and oxygen atoms in total. The number of carbonyl (C=O) groups excluding carboxylic acids is 2. The fraction of sp³-hybridized carbons (Fsp3) is 0.231. The summed E-state index contributed by atoms with van der Waals surface area (Å²) in [6, 6.07) is 17.0. The molecular weight excluding hydrogens is 527 g/mol. The topological polar surface area (TPSA) is 77.1 Å². The third kappa shape index (κ3) is 6.55. The summed E-state index contributed by atoms with van der Waals surface area (Å²) in [5, 5.41) is 4.22. The Labute approximate surface area is 223 Å². The van der Waals surface area contributed by atoms with Crippen molar-refractivity contribution in [3.8, 4) is 17.2 Å². The van der Waals surface area contributed by atoms with E-state index in [2.05, 4.69) is 5.32 Å². The molecule has 36 heavy (non-hydrogen) atoms. The van der Waals surface area contributed by atoms with E-state index in [0.717, 1.165) is 0 Å². The van der Waals surface area contributed by atoms with Gasteiger partial charge in [0.25, 0.3) is 11.8 Å². The van der Waals surface area contributed by atoms with Crippen LogP contribution in [-0.2, 0) is 9.59 Å². The van der Waals surface area contributed by atoms with E-state index in [1.807, 2.05) is 0 Å². The normalized spacial score (nSPS) is 13.4. The molecule has 3 aromatic carbocycles. The molecular formula is C26H23Cl3N2O5. The first-order valence-corrected chi connectivity index (χ1v) is 12.3. The second-order valence-corrected chi connectivity index (χ2v) is 9.28. The lowest BCUT2D eigenvalue weighted by Gasteiger charge is -2.30. The highest BCUT2D eigenvalue weighted by Crippen LogP contribution is 2.35. The van der Waals surface area contributed by atoms with Gasteiger partial charge in [-0.3, -0.25) is 9.59 Å². The molecule has 0 spiro atoms. The van der Waals surface area contributed by atoms with Crippen LogP contribution in [0.2, 0.25) is 15.1 Å². The van der Waals surface area contributed by atoms with Gasteiger partial charge in [0.1, 0.15) is 17.2 Å². The van der Waals surface area contributed by atoms with Gasteiger partial charge >= 0.3 is 0 Å². The van der Waals surface area contributed by atoms with Crippen LogP contribution in [0.25, 0.3) is 0 Å². The first-order valence-electron chi connectivity index (χ1n) is 11.2. The Balaban J connectivity index is 1.38. The summed E-state index contributed by atoms with van der Waals surface area (Å²) in [6.07, 6.45) is -0.240. The van der Waals surface area contributed by atoms with Gasteiger partial charge < -0.3 is 24.4 Å². The van der Waals surface area contributed by atoms with Gasteiger partial charge in [0.05, 0.1) is 17.3 Å². The molecule has 0 bridgehead atoms. The first kappa shape index (κ1) is 25.9. The van der Waals surface area contributed by atoms with Crippen LogP contribution in [0.1, 0.15) is 13.3 Å². The molecule has 188 valence electrons. The highest BCUT2D eigenvalue weighted by molar-refractivity contribution is 6.35. The van der Waals surface area contributed by atoms with Crippen LogP contribution in [-0.4, -0.2) is 37.7 Å². The summed E-state index contributed by atoms with van der Waals surface area (Å²) in [7, 11) is 0. The Morgan fingerprint density at radius 3 is 2.56 bits per heavy atom. The van der Waals surface area contributed by atoms with Crippen molar-refractivity contribution >= 4 is 58.0 Å². The number of hydrogen-bond acceptors (Lipinski definition) is 5. The number of nitrogens with one attached hydrogen (secondary N) is 1. The minimum Gasteiger partial charge on any atom is -0.494 e. The van der Waals surface area contributed by atoms with Gasteiger partial charge in [-0.05, 0) is 74.0 Å². The lowest BCUT2D eigenvalue weighted by atomic mass is 10.2. The van der Waals surface area contributed by atoms with Gasteiger partial charge in [-0.15, -0.1) is 0 Å². The van der Waals surface area contributed by atoms with E-state index in [9.17, 15) is 9.59 Å². The van der Waals surface area contributed by atoms with Crippen molar-refractivity contribution in [1.29, 1.82) is 0 Å². The van der Waals surface area contributed by atoms with Crippen molar-refractivity contribution < 1.29 is 23.8 Å². The summed E-state index contributed by atoms with van der Waals surface area (Å²) in [5.41, 5.74) is 1.07. The van der Waals surface area contributed by atoms with Gasteiger partial charge in [0.2, 0.25) is 0 Å². The number of halogens is 3. The number of rotatable bonds is 9. The number of ether oxygens (including phenoxy) is 3. The maximum Gasteiger partial charge on any atom is 0.265 e. The molecule has 0 radical (unpaired) electrons. The highest BCUT2D eigenvalue weighted by Gasteiger charge is 2.26. The molecule has 4 rings (SSSR count). The van der Waals surface area contributed by atoms with E-state index in [-0.39, 0.29) is 18.4 Å². The number of fused-ring (bicyclic) bond motifs is 1. The predicted molar refractivity (Wildman–Crippen MR) is 141 cm³/mol. The predicted octanol–water partition coefficient (Wildman–Crippen LogP) is 6.25. The molecule has 3 aromatic rings. The Hall–Kier alpha value is -3.13. The fourth-order valence-electron chi connectivity index (χ4n) is 3.53. The van der Waals surface area contributed by atoms with Crippen LogP contribution in [0.5, 0.6) is 17.2 Å². The smallest absolute Gasteiger partial charge is 0.265 e. The van der Waals surface area contributed by atoms with E-state index in [4.69, 9.17) is 49.0 Å². The molecule has 1 N–H and O–H groups in total. The summed E-state index contributed by atoms with van der Waals surface area (Å²) in [6.45, 7) is 2.40. The Bertz CT molecular complexity index is 1250. The Kier molecular flexibility index (Phi) is 8.46. The number of amides is 2. The number of anilines is 2. The van der Waals surface area contributed by atoms with Crippen LogP contribution in [0.4, 0.5) is 11.4 Å². The standard InChI is InChI=1S/C26H23Cl3N2O5/c1-16(36-23-9-5-18(28)13-21(23)29)26(33)30-19-6-10-24-22(14-19)31(25(32)15-35-24)11-2-12-34-20-7-3-17(27)4-8-20/h3-10,13-14,16H,2,11-12,15H2,1H3,(H,30,33). The van der Waals surface area contributed by atoms with Gasteiger partial charge in [0, 0.05) is 22.3 Å². The molecule has 1 aliphatic heterocycles. The molecule has 2 amide bonds. The van der Waals surface area contributed by atoms with Crippen molar-refractivity contribution in [2.45, 2.75) is 19.4 Å². The van der Waals surface area contributed by atoms with Crippen molar-refractivity contribution in [3.05, 3.63) is 75.7 Å². The third-order valence-electron chi connectivity index (χ3n) is 5.34. The minimum atomic E-state index is -0.835. The van der Waals surface area contributed by atoms with Gasteiger partial charge in [-0.1, -0.05) is 34.8 Å². The van der Waals surface area contributed by atoms with E-state index in [1.165, 1.54) is 0 Å². The summed E-state index contributed by atoms with van der Waals surface area (Å²) < 4.78 is 17.0. The van der Waals surface area contributed by atoms with Crippen molar-refractivity contribution in [2.24, 2.45) is 0 Å². The molecule has 1 unspecified atom stereocenters. The number of nitrogens with zero attached hydrogens (tertiary/aromatic N) is 1. The number of benzene rings is 3. The average molecular weight is 550 g/mol. The van der Waals surface area contributed by atoms with Crippen LogP contribution in [0.3, 0.4) is 0 Å². The van der Waals surface area contributed by atoms with E-state index in [0.29, 0.717) is 63.3 Å². The van der Waals surface area contributed by atoms with Crippen LogP contribution < -0.4 is 24.4 Å². The summed E-state index contributed by atoms with van der Waals surface area (Å²) >= 11 is 17.9. The van der Waals surface area contributed by atoms with Gasteiger partial charge in [-0.25, -0.2) is 0 Å². The Morgan fingerprint density at radius 2 is 1.81 bits per heavy atom. The molecule has 0 aliphatic carbocycles. The third-order valence-corrected chi connectivity index (χ3v) is 6.13. The minimum absolute atomic E-state index is 0.0521. The zero-order valence-electron chi connectivity index (χ0n) is 19.3. The lowest BCUT2D eigenvalue weighted by Crippen LogP contribution is -2.40. The van der Waals surface area contributed by atoms with Crippen LogP contribution in [0.15, 0.2) is 60.7 Å². The number of hydrogen-bond donors (Lipinski definition) is 1. The van der Waals surface area contributed by atoms with Gasteiger partial charge in [-0.2, -0.15) is 0 Å². The average Bonchev–Trinajstić information content (AvgIpc) is 2.85. The molecule has 0 fully saturated rings. The second-order valence-electron chi connectivity index (χ2n) is 8.00. The lowest BCUT2D eigenvalue weighted by molar-refractivity contribution is -0.122. The molecule has 0 saturated carbocycles. The van der Waals surface area contributed by atoms with Gasteiger partial charge in [0.15, 0.2) is 12.7 Å². The second kappa shape index (κ2) is 11.7. The summed E-state index contributed by atoms with van der Waals surface area (Å²) in [5.74, 6) is 1.05. The van der Waals surface area contributed by atoms with Crippen molar-refractivity contribution in [1.82, 2.24) is 0 Å². The quantitative estimate of drug-likeness (QED) is 0.319. The van der Waals surface area contributed by atoms with Crippen LogP contribution >= 0.6 is 34.8 Å². The van der Waals surface area contributed by atoms with Crippen LogP contribution in [0, 0.1) is 0 Å². The molecule has 1 aliphatic rings. The molecule has 1 atom stereocenters. The zero-order valence-corrected chi connectivity index (χ0v) is 21.6. The SMILES string of the molecule is CC(Oc1ccc(Cl)cc1Cl)C(=O)Nc1ccc2c(c1)N(CCCOc1ccc(Cl)cc1)C(=O)CO2. The first-order chi connectivity index (χ1) is 17.3. The fourth-order valence-corrected chi connectivity index (χ4v) is 4.11. The highest BCUT2D eigenvalue weighted by atomic mass is 35.5. The Morgan fingerprint density at radius 1 is 1.06 bits per heavy atom. The van der Waals surface area contributed by atoms with Crippen molar-refractivity contribution in [2.75, 3.05) is 30.0 Å². The molecule has 0 aromatic heterocycles. The zero-order chi connectivity index (χ0) is 25.7. The maximum absolute atomic E-state index is 12.7. The molecule has 0 saturated heterocycles. The largest absolute Gasteiger partial charge is 0.494 e. The molecule has 10 heteroatoms. The number of carbonyl (C=O) groups is 2. The van der Waals surface area contributed by atoms with E-state index < -0.39 is 6.10 Å². The summed E-state index contributed by atoms with van der Waals surface area (Å²) in [4.78, 5) is 26.9. The van der Waals surface area contributed by atoms with Crippen molar-refractivity contribution in [3.63, 3.8) is 0 Å². The monoisotopic (exact) mass is 548 g/mol. The maximum atomic E-state index is 12.7. The molecule has 1 heterocycles. The van der Waals surface area contributed by atoms with E-state index in [1.54, 1.807) is 72.5 Å².